The standard InChI is InChI=1S/C37H47N7O6/c1-5-6-7-10-21-50-37(47)42-35(38)27-12-15-29(16-13-27)40-25-33-41-30-24-28(14-17-31(30)43(33)4)36(46)44(32-11-8-9-19-39-32)20-18-34(45)49-23-22-48-26(2)3/h8-9,11-17,19,24,26,40H,5-7,10,18,20-23,25H2,1-4H3,(H2,38,42,47). The zero-order chi connectivity index (χ0) is 35.9. The molecule has 4 rings (SSSR count). The Bertz CT molecular complexity index is 1720. The number of imidazole rings is 1. The summed E-state index contributed by atoms with van der Waals surface area (Å²) in [5.74, 6) is 0.391. The van der Waals surface area contributed by atoms with E-state index < -0.39 is 12.1 Å². The summed E-state index contributed by atoms with van der Waals surface area (Å²) in [4.78, 5) is 48.8. The normalized spacial score (nSPS) is 11.0. The second-order valence-electron chi connectivity index (χ2n) is 12.0. The maximum Gasteiger partial charge on any atom is 0.412 e. The lowest BCUT2D eigenvalue weighted by Gasteiger charge is -2.21. The molecular formula is C37H47N7O6. The first-order valence-electron chi connectivity index (χ1n) is 17.0. The van der Waals surface area contributed by atoms with E-state index in [9.17, 15) is 14.4 Å². The highest BCUT2D eigenvalue weighted by atomic mass is 16.6. The van der Waals surface area contributed by atoms with Crippen molar-refractivity contribution in [3.8, 4) is 0 Å². The quantitative estimate of drug-likeness (QED) is 0.0478. The molecule has 50 heavy (non-hydrogen) atoms. The average Bonchev–Trinajstić information content (AvgIpc) is 3.43. The molecule has 2 heterocycles. The lowest BCUT2D eigenvalue weighted by atomic mass is 10.1. The van der Waals surface area contributed by atoms with Crippen LogP contribution in [0.3, 0.4) is 0 Å². The van der Waals surface area contributed by atoms with Crippen molar-refractivity contribution in [1.29, 1.82) is 5.41 Å². The van der Waals surface area contributed by atoms with Crippen molar-refractivity contribution in [1.82, 2.24) is 19.9 Å². The van der Waals surface area contributed by atoms with Crippen molar-refractivity contribution >= 4 is 46.3 Å². The van der Waals surface area contributed by atoms with Crippen molar-refractivity contribution in [2.75, 3.05) is 36.6 Å². The summed E-state index contributed by atoms with van der Waals surface area (Å²) >= 11 is 0. The number of amides is 2. The Morgan fingerprint density at radius 2 is 1.72 bits per heavy atom. The maximum absolute atomic E-state index is 13.8. The second-order valence-corrected chi connectivity index (χ2v) is 12.0. The molecule has 0 bridgehead atoms. The smallest absolute Gasteiger partial charge is 0.412 e. The van der Waals surface area contributed by atoms with Gasteiger partial charge in [-0.1, -0.05) is 32.3 Å². The molecule has 2 amide bonds. The number of aromatic nitrogens is 3. The van der Waals surface area contributed by atoms with Gasteiger partial charge in [-0.25, -0.2) is 14.8 Å². The number of nitrogens with zero attached hydrogens (tertiary/aromatic N) is 4. The van der Waals surface area contributed by atoms with Gasteiger partial charge in [-0.3, -0.25) is 25.2 Å². The van der Waals surface area contributed by atoms with Gasteiger partial charge in [-0.15, -0.1) is 0 Å². The summed E-state index contributed by atoms with van der Waals surface area (Å²) in [7, 11) is 1.91. The van der Waals surface area contributed by atoms with Gasteiger partial charge in [0, 0.05) is 36.6 Å². The van der Waals surface area contributed by atoms with Crippen LogP contribution in [0.2, 0.25) is 0 Å². The Kier molecular flexibility index (Phi) is 14.3. The maximum atomic E-state index is 13.8. The van der Waals surface area contributed by atoms with E-state index in [-0.39, 0.29) is 37.4 Å². The molecule has 0 atom stereocenters. The highest BCUT2D eigenvalue weighted by molar-refractivity contribution is 6.07. The number of amidine groups is 1. The van der Waals surface area contributed by atoms with E-state index in [1.54, 1.807) is 48.7 Å². The van der Waals surface area contributed by atoms with Gasteiger partial charge >= 0.3 is 12.1 Å². The number of rotatable bonds is 18. The number of carbonyl (C=O) groups is 3. The van der Waals surface area contributed by atoms with Gasteiger partial charge in [-0.05, 0) is 74.9 Å². The number of aryl methyl sites for hydroxylation is 1. The van der Waals surface area contributed by atoms with E-state index in [0.717, 1.165) is 42.7 Å². The summed E-state index contributed by atoms with van der Waals surface area (Å²) < 4.78 is 17.8. The molecule has 0 unspecified atom stereocenters. The molecule has 2 aromatic carbocycles. The number of hydrogen-bond acceptors (Lipinski definition) is 10. The molecule has 0 fully saturated rings. The molecule has 266 valence electrons. The van der Waals surface area contributed by atoms with Crippen LogP contribution in [0.5, 0.6) is 0 Å². The number of alkyl carbamates (subject to hydrolysis) is 1. The predicted molar refractivity (Wildman–Crippen MR) is 193 cm³/mol. The van der Waals surface area contributed by atoms with Gasteiger partial charge in [0.1, 0.15) is 24.1 Å². The third-order valence-corrected chi connectivity index (χ3v) is 7.81. The van der Waals surface area contributed by atoms with E-state index in [1.807, 2.05) is 43.7 Å². The van der Waals surface area contributed by atoms with Gasteiger partial charge in [0.2, 0.25) is 0 Å². The Balaban J connectivity index is 1.36. The predicted octanol–water partition coefficient (Wildman–Crippen LogP) is 6.22. The average molecular weight is 686 g/mol. The number of carbonyl (C=O) groups excluding carboxylic acids is 3. The van der Waals surface area contributed by atoms with Gasteiger partial charge in [0.05, 0.1) is 43.3 Å². The van der Waals surface area contributed by atoms with Crippen LogP contribution in [-0.4, -0.2) is 70.8 Å². The second kappa shape index (κ2) is 19.0. The van der Waals surface area contributed by atoms with Crippen molar-refractivity contribution in [3.05, 3.63) is 83.8 Å². The molecule has 4 aromatic rings. The SMILES string of the molecule is CCCCCCOC(=O)NC(=N)c1ccc(NCc2nc3cc(C(=O)N(CCC(=O)OCCOC(C)C)c4ccccn4)ccc3n2C)cc1. The summed E-state index contributed by atoms with van der Waals surface area (Å²) in [6.07, 6.45) is 5.03. The first-order valence-corrected chi connectivity index (χ1v) is 17.0. The van der Waals surface area contributed by atoms with Crippen molar-refractivity contribution in [3.63, 3.8) is 0 Å². The van der Waals surface area contributed by atoms with Gasteiger partial charge < -0.3 is 24.1 Å². The van der Waals surface area contributed by atoms with Crippen LogP contribution in [0, 0.1) is 5.41 Å². The van der Waals surface area contributed by atoms with Crippen LogP contribution >= 0.6 is 0 Å². The Morgan fingerprint density at radius 1 is 0.940 bits per heavy atom. The number of fused-ring (bicyclic) bond motifs is 1. The number of ether oxygens (including phenoxy) is 3. The van der Waals surface area contributed by atoms with E-state index in [1.165, 1.54) is 4.90 Å². The molecule has 0 radical (unpaired) electrons. The minimum atomic E-state index is -0.631. The largest absolute Gasteiger partial charge is 0.463 e. The number of hydrogen-bond donors (Lipinski definition) is 3. The Hall–Kier alpha value is -5.30. The Labute approximate surface area is 292 Å². The van der Waals surface area contributed by atoms with E-state index in [0.29, 0.717) is 42.2 Å². The van der Waals surface area contributed by atoms with Gasteiger partial charge in [-0.2, -0.15) is 0 Å². The number of unbranched alkanes of at least 4 members (excludes halogenated alkanes) is 3. The Morgan fingerprint density at radius 3 is 2.44 bits per heavy atom. The van der Waals surface area contributed by atoms with Crippen LogP contribution in [0.1, 0.15) is 74.6 Å². The summed E-state index contributed by atoms with van der Waals surface area (Å²) in [6, 6.07) is 17.7. The molecule has 13 heteroatoms. The third-order valence-electron chi connectivity index (χ3n) is 7.81. The highest BCUT2D eigenvalue weighted by Gasteiger charge is 2.22. The van der Waals surface area contributed by atoms with Crippen molar-refractivity contribution in [2.45, 2.75) is 65.5 Å². The molecule has 0 aliphatic rings. The molecule has 13 nitrogen and oxygen atoms in total. The van der Waals surface area contributed by atoms with Crippen molar-refractivity contribution in [2.24, 2.45) is 7.05 Å². The molecule has 0 saturated carbocycles. The number of nitrogens with one attached hydrogen (secondary N) is 3. The minimum Gasteiger partial charge on any atom is -0.463 e. The monoisotopic (exact) mass is 685 g/mol. The zero-order valence-electron chi connectivity index (χ0n) is 29.2. The fraction of sp³-hybridized carbons (Fsp3) is 0.405. The molecule has 3 N–H and O–H groups in total. The lowest BCUT2D eigenvalue weighted by Crippen LogP contribution is -2.34. The topological polar surface area (TPSA) is 161 Å². The van der Waals surface area contributed by atoms with E-state index in [4.69, 9.17) is 24.6 Å². The van der Waals surface area contributed by atoms with Crippen LogP contribution in [0.25, 0.3) is 11.0 Å². The molecule has 0 aliphatic carbocycles. The molecule has 0 spiro atoms. The first-order chi connectivity index (χ1) is 24.2. The summed E-state index contributed by atoms with van der Waals surface area (Å²) in [5, 5.41) is 14.0. The molecule has 0 aliphatic heterocycles. The lowest BCUT2D eigenvalue weighted by molar-refractivity contribution is -0.145. The fourth-order valence-electron chi connectivity index (χ4n) is 5.08. The first kappa shape index (κ1) is 37.5. The minimum absolute atomic E-state index is 0.00397. The van der Waals surface area contributed by atoms with Crippen molar-refractivity contribution < 1.29 is 28.6 Å². The number of esters is 1. The van der Waals surface area contributed by atoms with Gasteiger partial charge in [0.25, 0.3) is 5.91 Å². The zero-order valence-corrected chi connectivity index (χ0v) is 29.2. The summed E-state index contributed by atoms with van der Waals surface area (Å²) in [6.45, 7) is 7.21. The molecule has 2 aromatic heterocycles. The number of benzene rings is 2. The van der Waals surface area contributed by atoms with E-state index in [2.05, 4.69) is 22.5 Å². The van der Waals surface area contributed by atoms with E-state index >= 15 is 0 Å². The van der Waals surface area contributed by atoms with Crippen LogP contribution in [0.15, 0.2) is 66.9 Å². The van der Waals surface area contributed by atoms with Crippen LogP contribution < -0.4 is 15.5 Å². The molecular weight excluding hydrogens is 638 g/mol. The number of anilines is 2. The van der Waals surface area contributed by atoms with Gasteiger partial charge in [0.15, 0.2) is 0 Å². The van der Waals surface area contributed by atoms with Crippen LogP contribution in [-0.2, 0) is 32.6 Å². The fourth-order valence-corrected chi connectivity index (χ4v) is 5.08. The number of pyridine rings is 1. The van der Waals surface area contributed by atoms with Crippen LogP contribution in [0.4, 0.5) is 16.3 Å². The summed E-state index contributed by atoms with van der Waals surface area (Å²) in [5.41, 5.74) is 3.26. The third kappa shape index (κ3) is 11.1. The highest BCUT2D eigenvalue weighted by Crippen LogP contribution is 2.21. The molecule has 0 saturated heterocycles.